The lowest BCUT2D eigenvalue weighted by Gasteiger charge is -2.22. The third kappa shape index (κ3) is 3.11. The zero-order valence-corrected chi connectivity index (χ0v) is 13.9. The van der Waals surface area contributed by atoms with Gasteiger partial charge in [0.05, 0.1) is 11.8 Å². The van der Waals surface area contributed by atoms with Crippen LogP contribution in [0.5, 0.6) is 0 Å². The van der Waals surface area contributed by atoms with E-state index in [1.165, 1.54) is 23.2 Å². The summed E-state index contributed by atoms with van der Waals surface area (Å²) in [5.41, 5.74) is 2.93. The molecule has 0 fully saturated rings. The first-order chi connectivity index (χ1) is 12.7. The van der Waals surface area contributed by atoms with E-state index in [0.29, 0.717) is 6.42 Å². The Balaban J connectivity index is 1.74. The highest BCUT2D eigenvalue weighted by Gasteiger charge is 2.33. The summed E-state index contributed by atoms with van der Waals surface area (Å²) < 4.78 is 13.6. The van der Waals surface area contributed by atoms with Crippen molar-refractivity contribution in [3.05, 3.63) is 102 Å². The number of pyridine rings is 1. The van der Waals surface area contributed by atoms with Crippen LogP contribution in [0.15, 0.2) is 84.2 Å². The van der Waals surface area contributed by atoms with E-state index in [1.807, 2.05) is 42.5 Å². The molecular formula is C21H16FN3O. The number of nitrogens with zero attached hydrogens (tertiary/aromatic N) is 3. The molecule has 5 heteroatoms. The minimum absolute atomic E-state index is 0.234. The zero-order valence-electron chi connectivity index (χ0n) is 13.9. The number of rotatable bonds is 3. The first kappa shape index (κ1) is 16.1. The quantitative estimate of drug-likeness (QED) is 0.714. The van der Waals surface area contributed by atoms with Gasteiger partial charge in [0.25, 0.3) is 5.91 Å². The van der Waals surface area contributed by atoms with E-state index in [4.69, 9.17) is 0 Å². The third-order valence-electron chi connectivity index (χ3n) is 4.37. The lowest BCUT2D eigenvalue weighted by Crippen LogP contribution is -2.27. The fourth-order valence-electron chi connectivity index (χ4n) is 3.09. The van der Waals surface area contributed by atoms with E-state index in [9.17, 15) is 9.18 Å². The number of benzene rings is 2. The molecule has 3 aromatic rings. The van der Waals surface area contributed by atoms with Crippen molar-refractivity contribution in [2.45, 2.75) is 12.5 Å². The van der Waals surface area contributed by atoms with E-state index < -0.39 is 5.82 Å². The second-order valence-corrected chi connectivity index (χ2v) is 6.08. The van der Waals surface area contributed by atoms with Crippen LogP contribution < -0.4 is 0 Å². The number of aromatic nitrogens is 1. The lowest BCUT2D eigenvalue weighted by molar-refractivity contribution is 0.0710. The molecule has 1 aromatic heterocycles. The van der Waals surface area contributed by atoms with Crippen LogP contribution in [-0.2, 0) is 0 Å². The molecular weight excluding hydrogens is 329 g/mol. The summed E-state index contributed by atoms with van der Waals surface area (Å²) in [7, 11) is 0. The number of amides is 1. The number of hydrogen-bond acceptors (Lipinski definition) is 3. The highest BCUT2D eigenvalue weighted by molar-refractivity contribution is 6.04. The van der Waals surface area contributed by atoms with Crippen molar-refractivity contribution in [1.29, 1.82) is 0 Å². The molecule has 0 bridgehead atoms. The summed E-state index contributed by atoms with van der Waals surface area (Å²) in [6.07, 6.45) is 4.01. The molecule has 0 aliphatic carbocycles. The van der Waals surface area contributed by atoms with Gasteiger partial charge in [-0.25, -0.2) is 9.40 Å². The van der Waals surface area contributed by atoms with E-state index in [-0.39, 0.29) is 17.5 Å². The second kappa shape index (κ2) is 6.88. The van der Waals surface area contributed by atoms with Gasteiger partial charge in [-0.2, -0.15) is 5.10 Å². The van der Waals surface area contributed by atoms with Gasteiger partial charge in [-0.15, -0.1) is 0 Å². The zero-order chi connectivity index (χ0) is 17.9. The molecule has 1 amide bonds. The van der Waals surface area contributed by atoms with Crippen LogP contribution in [0.2, 0.25) is 0 Å². The van der Waals surface area contributed by atoms with Gasteiger partial charge in [-0.1, -0.05) is 42.5 Å². The molecule has 2 aromatic carbocycles. The van der Waals surface area contributed by atoms with Crippen molar-refractivity contribution < 1.29 is 9.18 Å². The van der Waals surface area contributed by atoms with Gasteiger partial charge in [0.15, 0.2) is 0 Å². The summed E-state index contributed by atoms with van der Waals surface area (Å²) in [5, 5.41) is 6.01. The van der Waals surface area contributed by atoms with E-state index in [2.05, 4.69) is 10.1 Å². The summed E-state index contributed by atoms with van der Waals surface area (Å²) in [5.74, 6) is -0.764. The molecule has 1 unspecified atom stereocenters. The maximum Gasteiger partial charge on any atom is 0.274 e. The molecule has 2 heterocycles. The average molecular weight is 345 g/mol. The molecule has 1 aliphatic heterocycles. The van der Waals surface area contributed by atoms with Gasteiger partial charge in [0.2, 0.25) is 0 Å². The Morgan fingerprint density at radius 3 is 2.62 bits per heavy atom. The van der Waals surface area contributed by atoms with E-state index >= 15 is 0 Å². The average Bonchev–Trinajstić information content (AvgIpc) is 3.14. The number of hydrazone groups is 1. The highest BCUT2D eigenvalue weighted by atomic mass is 19.1. The van der Waals surface area contributed by atoms with Gasteiger partial charge in [-0.3, -0.25) is 9.78 Å². The summed E-state index contributed by atoms with van der Waals surface area (Å²) in [6, 6.07) is 19.0. The first-order valence-corrected chi connectivity index (χ1v) is 8.34. The van der Waals surface area contributed by atoms with Crippen molar-refractivity contribution in [1.82, 2.24) is 9.99 Å². The summed E-state index contributed by atoms with van der Waals surface area (Å²) in [6.45, 7) is 0. The Labute approximate surface area is 150 Å². The van der Waals surface area contributed by atoms with Crippen molar-refractivity contribution in [3.8, 4) is 0 Å². The predicted octanol–water partition coefficient (Wildman–Crippen LogP) is 4.21. The lowest BCUT2D eigenvalue weighted by atomic mass is 9.99. The largest absolute Gasteiger partial charge is 0.274 e. The Kier molecular flexibility index (Phi) is 4.27. The third-order valence-corrected chi connectivity index (χ3v) is 4.37. The van der Waals surface area contributed by atoms with Gasteiger partial charge >= 0.3 is 0 Å². The Bertz CT molecular complexity index is 957. The monoisotopic (exact) mass is 345 g/mol. The van der Waals surface area contributed by atoms with Crippen LogP contribution in [0.1, 0.15) is 33.9 Å². The van der Waals surface area contributed by atoms with Crippen LogP contribution in [0.4, 0.5) is 4.39 Å². The maximum atomic E-state index is 13.6. The maximum absolute atomic E-state index is 13.6. The molecule has 26 heavy (non-hydrogen) atoms. The minimum Gasteiger partial charge on any atom is -0.267 e. The number of halogens is 1. The molecule has 4 nitrogen and oxygen atoms in total. The second-order valence-electron chi connectivity index (χ2n) is 6.08. The van der Waals surface area contributed by atoms with Crippen molar-refractivity contribution in [2.75, 3.05) is 0 Å². The Hall–Kier alpha value is -3.34. The topological polar surface area (TPSA) is 45.6 Å². The van der Waals surface area contributed by atoms with Crippen molar-refractivity contribution in [2.24, 2.45) is 5.10 Å². The van der Waals surface area contributed by atoms with Crippen molar-refractivity contribution >= 4 is 11.6 Å². The van der Waals surface area contributed by atoms with Crippen molar-refractivity contribution in [3.63, 3.8) is 0 Å². The summed E-state index contributed by atoms with van der Waals surface area (Å²) in [4.78, 5) is 17.1. The Morgan fingerprint density at radius 1 is 1.04 bits per heavy atom. The van der Waals surface area contributed by atoms with Gasteiger partial charge in [0, 0.05) is 29.9 Å². The predicted molar refractivity (Wildman–Crippen MR) is 97.1 cm³/mol. The molecule has 0 N–H and O–H groups in total. The summed E-state index contributed by atoms with van der Waals surface area (Å²) >= 11 is 0. The fraction of sp³-hybridized carbons (Fsp3) is 0.0952. The first-order valence-electron chi connectivity index (χ1n) is 8.34. The number of carbonyl (C=O) groups is 1. The molecule has 128 valence electrons. The van der Waals surface area contributed by atoms with Crippen LogP contribution in [-0.4, -0.2) is 21.6 Å². The SMILES string of the molecule is O=C(c1cccc(F)c1)N1N=C(c2cccnc2)CC1c1ccccc1. The molecule has 4 rings (SSSR count). The molecule has 0 spiro atoms. The van der Waals surface area contributed by atoms with Crippen LogP contribution in [0, 0.1) is 5.82 Å². The molecule has 0 saturated heterocycles. The molecule has 0 radical (unpaired) electrons. The molecule has 1 aliphatic rings. The Morgan fingerprint density at radius 2 is 1.88 bits per heavy atom. The van der Waals surface area contributed by atoms with Crippen LogP contribution >= 0.6 is 0 Å². The minimum atomic E-state index is -0.442. The van der Waals surface area contributed by atoms with Crippen LogP contribution in [0.3, 0.4) is 0 Å². The number of hydrogen-bond donors (Lipinski definition) is 0. The normalized spacial score (nSPS) is 16.4. The molecule has 0 saturated carbocycles. The highest BCUT2D eigenvalue weighted by Crippen LogP contribution is 2.33. The van der Waals surface area contributed by atoms with E-state index in [0.717, 1.165) is 16.8 Å². The van der Waals surface area contributed by atoms with E-state index in [1.54, 1.807) is 18.5 Å². The fourth-order valence-corrected chi connectivity index (χ4v) is 3.09. The standard InChI is InChI=1S/C21H16FN3O/c22-18-10-4-8-16(12-18)21(26)25-20(15-6-2-1-3-7-15)13-19(24-25)17-9-5-11-23-14-17/h1-12,14,20H,13H2. The van der Waals surface area contributed by atoms with Crippen LogP contribution in [0.25, 0.3) is 0 Å². The smallest absolute Gasteiger partial charge is 0.267 e. The van der Waals surface area contributed by atoms with Gasteiger partial charge < -0.3 is 0 Å². The van der Waals surface area contributed by atoms with Gasteiger partial charge in [-0.05, 0) is 29.8 Å². The van der Waals surface area contributed by atoms with Gasteiger partial charge in [0.1, 0.15) is 5.82 Å². The molecule has 1 atom stereocenters. The number of carbonyl (C=O) groups excluding carboxylic acids is 1.